The summed E-state index contributed by atoms with van der Waals surface area (Å²) in [7, 11) is 1.53. The van der Waals surface area contributed by atoms with E-state index in [2.05, 4.69) is 21.3 Å². The number of hydrogen-bond acceptors (Lipinski definition) is 6. The number of ketones is 1. The van der Waals surface area contributed by atoms with E-state index >= 15 is 0 Å². The third kappa shape index (κ3) is 18.5. The van der Waals surface area contributed by atoms with Crippen LogP contribution in [0.25, 0.3) is 0 Å². The van der Waals surface area contributed by atoms with Crippen LogP contribution in [0.2, 0.25) is 0 Å². The lowest BCUT2D eigenvalue weighted by Gasteiger charge is -2.17. The van der Waals surface area contributed by atoms with E-state index < -0.39 is 6.04 Å². The minimum absolute atomic E-state index is 0.0284. The second-order valence-corrected chi connectivity index (χ2v) is 9.02. The fourth-order valence-corrected chi connectivity index (χ4v) is 3.49. The Bertz CT molecular complexity index is 656. The molecule has 0 aromatic carbocycles. The Morgan fingerprint density at radius 3 is 2.11 bits per heavy atom. The molecule has 6 N–H and O–H groups in total. The van der Waals surface area contributed by atoms with E-state index in [9.17, 15) is 24.0 Å². The van der Waals surface area contributed by atoms with Gasteiger partial charge in [-0.15, -0.1) is 0 Å². The zero-order valence-electron chi connectivity index (χ0n) is 21.9. The molecule has 0 aliphatic heterocycles. The summed E-state index contributed by atoms with van der Waals surface area (Å²) in [4.78, 5) is 58.8. The van der Waals surface area contributed by atoms with Gasteiger partial charge in [-0.3, -0.25) is 24.0 Å². The van der Waals surface area contributed by atoms with Gasteiger partial charge in [-0.1, -0.05) is 20.3 Å². The van der Waals surface area contributed by atoms with Gasteiger partial charge in [0.05, 0.1) is 0 Å². The van der Waals surface area contributed by atoms with Gasteiger partial charge in [0.2, 0.25) is 23.6 Å². The van der Waals surface area contributed by atoms with Crippen LogP contribution >= 0.6 is 0 Å². The van der Waals surface area contributed by atoms with Crippen LogP contribution in [0.4, 0.5) is 0 Å². The van der Waals surface area contributed by atoms with Gasteiger partial charge in [-0.25, -0.2) is 0 Å². The number of hydrogen-bond donors (Lipinski definition) is 5. The molecule has 4 amide bonds. The van der Waals surface area contributed by atoms with E-state index in [0.717, 1.165) is 38.6 Å². The number of nitrogens with two attached hydrogens (primary N) is 1. The van der Waals surface area contributed by atoms with E-state index in [1.807, 2.05) is 13.8 Å². The van der Waals surface area contributed by atoms with Gasteiger partial charge in [-0.05, 0) is 51.5 Å². The molecule has 0 aliphatic rings. The highest BCUT2D eigenvalue weighted by molar-refractivity contribution is 5.87. The Morgan fingerprint density at radius 1 is 0.771 bits per heavy atom. The molecule has 0 aromatic heterocycles. The largest absolute Gasteiger partial charge is 0.369 e. The highest BCUT2D eigenvalue weighted by Crippen LogP contribution is 2.07. The molecule has 0 heterocycles. The lowest BCUT2D eigenvalue weighted by Crippen LogP contribution is -2.45. The summed E-state index contributed by atoms with van der Waals surface area (Å²) >= 11 is 0. The second-order valence-electron chi connectivity index (χ2n) is 9.02. The van der Waals surface area contributed by atoms with Gasteiger partial charge in [0.15, 0.2) is 0 Å². The third-order valence-electron chi connectivity index (χ3n) is 5.78. The van der Waals surface area contributed by atoms with Gasteiger partial charge in [-0.2, -0.15) is 0 Å². The Morgan fingerprint density at radius 2 is 1.46 bits per heavy atom. The summed E-state index contributed by atoms with van der Waals surface area (Å²) in [5.41, 5.74) is 5.23. The first kappa shape index (κ1) is 32.5. The normalized spacial score (nSPS) is 12.4. The molecule has 0 bridgehead atoms. The molecule has 0 spiro atoms. The molecule has 35 heavy (non-hydrogen) atoms. The number of carbonyl (C=O) groups excluding carboxylic acids is 5. The molecule has 0 aromatic rings. The maximum absolute atomic E-state index is 12.3. The topological polar surface area (TPSA) is 159 Å². The van der Waals surface area contributed by atoms with Gasteiger partial charge in [0.1, 0.15) is 11.8 Å². The summed E-state index contributed by atoms with van der Waals surface area (Å²) in [6.45, 7) is 5.70. The molecule has 2 atom stereocenters. The van der Waals surface area contributed by atoms with Gasteiger partial charge in [0, 0.05) is 51.7 Å². The Hall–Kier alpha value is -2.49. The third-order valence-corrected chi connectivity index (χ3v) is 5.78. The van der Waals surface area contributed by atoms with Crippen LogP contribution < -0.4 is 27.0 Å². The lowest BCUT2D eigenvalue weighted by molar-refractivity contribution is -0.129. The van der Waals surface area contributed by atoms with Crippen molar-refractivity contribution in [3.63, 3.8) is 0 Å². The number of likely N-dealkylation sites (N-methyl/N-ethyl adjacent to an activating group) is 1. The van der Waals surface area contributed by atoms with Crippen molar-refractivity contribution in [2.45, 2.75) is 96.9 Å². The van der Waals surface area contributed by atoms with Crippen molar-refractivity contribution in [1.29, 1.82) is 0 Å². The quantitative estimate of drug-likeness (QED) is 0.142. The van der Waals surface area contributed by atoms with Crippen molar-refractivity contribution in [3.05, 3.63) is 0 Å². The fourth-order valence-electron chi connectivity index (χ4n) is 3.49. The number of primary amides is 1. The maximum atomic E-state index is 12.3. The number of Topliss-reactive ketones (excluding diaryl/α,β-unsaturated/α-hetero) is 1. The molecule has 0 saturated carbocycles. The second kappa shape index (κ2) is 20.8. The highest BCUT2D eigenvalue weighted by Gasteiger charge is 2.19. The maximum Gasteiger partial charge on any atom is 0.242 e. The minimum atomic E-state index is -0.621. The summed E-state index contributed by atoms with van der Waals surface area (Å²) in [5, 5.41) is 11.4. The van der Waals surface area contributed by atoms with E-state index in [4.69, 9.17) is 5.73 Å². The molecule has 10 nitrogen and oxygen atoms in total. The van der Waals surface area contributed by atoms with Gasteiger partial charge < -0.3 is 27.0 Å². The predicted octanol–water partition coefficient (Wildman–Crippen LogP) is 1.31. The monoisotopic (exact) mass is 497 g/mol. The SMILES string of the molecule is CCCC(=O)NCCCCC(NC(=O)CCCC(=O)CCNCCCCC(C)C(N)=O)C(=O)NC. The number of rotatable bonds is 22. The average molecular weight is 498 g/mol. The molecule has 10 heteroatoms. The molecular weight excluding hydrogens is 450 g/mol. The smallest absolute Gasteiger partial charge is 0.242 e. The van der Waals surface area contributed by atoms with Gasteiger partial charge in [0.25, 0.3) is 0 Å². The van der Waals surface area contributed by atoms with Gasteiger partial charge >= 0.3 is 0 Å². The Kier molecular flexibility index (Phi) is 19.4. The van der Waals surface area contributed by atoms with Crippen LogP contribution in [0.1, 0.15) is 90.9 Å². The minimum Gasteiger partial charge on any atom is -0.369 e. The van der Waals surface area contributed by atoms with Crippen molar-refractivity contribution in [2.75, 3.05) is 26.7 Å². The Labute approximate surface area is 210 Å². The van der Waals surface area contributed by atoms with Crippen LogP contribution in [0.15, 0.2) is 0 Å². The van der Waals surface area contributed by atoms with E-state index in [1.54, 1.807) is 0 Å². The molecule has 0 rings (SSSR count). The Balaban J connectivity index is 3.97. The lowest BCUT2D eigenvalue weighted by atomic mass is 10.0. The van der Waals surface area contributed by atoms with Crippen molar-refractivity contribution in [3.8, 4) is 0 Å². The van der Waals surface area contributed by atoms with Crippen molar-refractivity contribution >= 4 is 29.4 Å². The molecule has 0 aliphatic carbocycles. The first-order chi connectivity index (χ1) is 16.7. The summed E-state index contributed by atoms with van der Waals surface area (Å²) < 4.78 is 0. The van der Waals surface area contributed by atoms with E-state index in [1.165, 1.54) is 7.05 Å². The fraction of sp³-hybridized carbons (Fsp3) is 0.800. The van der Waals surface area contributed by atoms with Crippen LogP contribution in [0, 0.1) is 5.92 Å². The number of nitrogens with one attached hydrogen (secondary N) is 4. The molecule has 2 unspecified atom stereocenters. The first-order valence-corrected chi connectivity index (χ1v) is 13.0. The van der Waals surface area contributed by atoms with E-state index in [0.29, 0.717) is 51.6 Å². The standard InChI is InChI=1S/C25H47N5O5/c1-4-10-22(32)29-17-8-6-13-21(25(35)27-3)30-23(33)14-9-12-20(31)15-18-28-16-7-5-11-19(2)24(26)34/h19,21,28H,4-18H2,1-3H3,(H2,26,34)(H,27,35)(H,29,32)(H,30,33). The molecule has 0 radical (unpaired) electrons. The zero-order valence-corrected chi connectivity index (χ0v) is 21.9. The van der Waals surface area contributed by atoms with Crippen molar-refractivity contribution < 1.29 is 24.0 Å². The molecular formula is C25H47N5O5. The van der Waals surface area contributed by atoms with Crippen LogP contribution in [0.3, 0.4) is 0 Å². The van der Waals surface area contributed by atoms with Crippen LogP contribution in [0.5, 0.6) is 0 Å². The highest BCUT2D eigenvalue weighted by atomic mass is 16.2. The van der Waals surface area contributed by atoms with Crippen molar-refractivity contribution in [2.24, 2.45) is 11.7 Å². The first-order valence-electron chi connectivity index (χ1n) is 13.0. The molecule has 0 saturated heterocycles. The zero-order chi connectivity index (χ0) is 26.5. The number of carbonyl (C=O) groups is 5. The van der Waals surface area contributed by atoms with E-state index in [-0.39, 0.29) is 41.8 Å². The average Bonchev–Trinajstić information content (AvgIpc) is 2.81. The van der Waals surface area contributed by atoms with Crippen molar-refractivity contribution in [1.82, 2.24) is 21.3 Å². The molecule has 202 valence electrons. The summed E-state index contributed by atoms with van der Waals surface area (Å²) in [6.07, 6.45) is 7.21. The molecule has 0 fully saturated rings. The number of amides is 4. The predicted molar refractivity (Wildman–Crippen MR) is 136 cm³/mol. The van der Waals surface area contributed by atoms with Crippen LogP contribution in [-0.4, -0.2) is 62.1 Å². The summed E-state index contributed by atoms with van der Waals surface area (Å²) in [5.74, 6) is -0.747. The summed E-state index contributed by atoms with van der Waals surface area (Å²) in [6, 6.07) is -0.621. The number of unbranched alkanes of at least 4 members (excludes halogenated alkanes) is 2. The van der Waals surface area contributed by atoms with Crippen LogP contribution in [-0.2, 0) is 24.0 Å².